The van der Waals surface area contributed by atoms with Crippen LogP contribution >= 0.6 is 0 Å². The van der Waals surface area contributed by atoms with Gasteiger partial charge in [0, 0.05) is 19.2 Å². The Balaban J connectivity index is 2.09. The van der Waals surface area contributed by atoms with Gasteiger partial charge in [-0.05, 0) is 18.8 Å². The van der Waals surface area contributed by atoms with Crippen LogP contribution in [0.2, 0.25) is 0 Å². The van der Waals surface area contributed by atoms with Gasteiger partial charge in [0.25, 0.3) is 0 Å². The van der Waals surface area contributed by atoms with Crippen LogP contribution in [-0.2, 0) is 4.74 Å². The lowest BCUT2D eigenvalue weighted by atomic mass is 10.0. The van der Waals surface area contributed by atoms with Gasteiger partial charge in [0.2, 0.25) is 0 Å². The summed E-state index contributed by atoms with van der Waals surface area (Å²) in [5.74, 6) is 0.558. The minimum atomic E-state index is -0.144. The SMILES string of the molecule is CC(C)CC(N)CNC(=O)NC1CCOC1. The number of ether oxygens (including phenoxy) is 1. The molecule has 0 aromatic carbocycles. The van der Waals surface area contributed by atoms with Crippen LogP contribution in [0.4, 0.5) is 4.79 Å². The summed E-state index contributed by atoms with van der Waals surface area (Å²) in [6.07, 6.45) is 1.82. The average Bonchev–Trinajstić information content (AvgIpc) is 2.66. The third-order valence-corrected chi connectivity index (χ3v) is 2.56. The van der Waals surface area contributed by atoms with Crippen molar-refractivity contribution in [3.8, 4) is 0 Å². The van der Waals surface area contributed by atoms with Crippen LogP contribution in [0.25, 0.3) is 0 Å². The summed E-state index contributed by atoms with van der Waals surface area (Å²) in [7, 11) is 0. The van der Waals surface area contributed by atoms with Crippen molar-refractivity contribution in [3.63, 3.8) is 0 Å². The molecule has 1 heterocycles. The largest absolute Gasteiger partial charge is 0.379 e. The van der Waals surface area contributed by atoms with E-state index < -0.39 is 0 Å². The third kappa shape index (κ3) is 5.32. The predicted molar refractivity (Wildman–Crippen MR) is 63.2 cm³/mol. The Bertz CT molecular complexity index is 215. The zero-order valence-electron chi connectivity index (χ0n) is 10.2. The first-order valence-corrected chi connectivity index (χ1v) is 5.95. The van der Waals surface area contributed by atoms with Crippen LogP contribution in [0.1, 0.15) is 26.7 Å². The number of hydrogen-bond acceptors (Lipinski definition) is 3. The second-order valence-electron chi connectivity index (χ2n) is 4.80. The number of nitrogens with two attached hydrogens (primary N) is 1. The van der Waals surface area contributed by atoms with E-state index in [2.05, 4.69) is 24.5 Å². The van der Waals surface area contributed by atoms with Crippen LogP contribution < -0.4 is 16.4 Å². The molecule has 5 nitrogen and oxygen atoms in total. The first kappa shape index (κ1) is 13.3. The van der Waals surface area contributed by atoms with Gasteiger partial charge in [0.15, 0.2) is 0 Å². The summed E-state index contributed by atoms with van der Waals surface area (Å²) in [4.78, 5) is 11.5. The Morgan fingerprint density at radius 2 is 2.31 bits per heavy atom. The van der Waals surface area contributed by atoms with Gasteiger partial charge in [-0.15, -0.1) is 0 Å². The van der Waals surface area contributed by atoms with Crippen LogP contribution in [-0.4, -0.2) is 37.9 Å². The normalized spacial score (nSPS) is 22.1. The van der Waals surface area contributed by atoms with Crippen molar-refractivity contribution in [3.05, 3.63) is 0 Å². The molecule has 1 fully saturated rings. The van der Waals surface area contributed by atoms with Gasteiger partial charge in [-0.3, -0.25) is 0 Å². The first-order valence-electron chi connectivity index (χ1n) is 5.95. The molecule has 94 valence electrons. The molecular formula is C11H23N3O2. The van der Waals surface area contributed by atoms with E-state index >= 15 is 0 Å². The van der Waals surface area contributed by atoms with E-state index in [9.17, 15) is 4.79 Å². The molecule has 16 heavy (non-hydrogen) atoms. The second kappa shape index (κ2) is 6.70. The lowest BCUT2D eigenvalue weighted by Crippen LogP contribution is -2.46. The van der Waals surface area contributed by atoms with Crippen molar-refractivity contribution < 1.29 is 9.53 Å². The fraction of sp³-hybridized carbons (Fsp3) is 0.909. The van der Waals surface area contributed by atoms with E-state index in [-0.39, 0.29) is 18.1 Å². The van der Waals surface area contributed by atoms with Gasteiger partial charge in [0.1, 0.15) is 0 Å². The Labute approximate surface area is 97.1 Å². The molecule has 4 N–H and O–H groups in total. The van der Waals surface area contributed by atoms with E-state index in [1.807, 2.05) is 0 Å². The monoisotopic (exact) mass is 229 g/mol. The Morgan fingerprint density at radius 3 is 2.88 bits per heavy atom. The van der Waals surface area contributed by atoms with E-state index in [0.29, 0.717) is 19.1 Å². The maximum absolute atomic E-state index is 11.5. The van der Waals surface area contributed by atoms with Crippen LogP contribution in [0.5, 0.6) is 0 Å². The van der Waals surface area contributed by atoms with Crippen molar-refractivity contribution in [1.82, 2.24) is 10.6 Å². The summed E-state index contributed by atoms with van der Waals surface area (Å²) in [6.45, 7) is 6.12. The molecule has 2 atom stereocenters. The highest BCUT2D eigenvalue weighted by Gasteiger charge is 2.17. The van der Waals surface area contributed by atoms with E-state index in [1.165, 1.54) is 0 Å². The van der Waals surface area contributed by atoms with Gasteiger partial charge in [-0.2, -0.15) is 0 Å². The van der Waals surface area contributed by atoms with Gasteiger partial charge >= 0.3 is 6.03 Å². The molecule has 0 aromatic rings. The van der Waals surface area contributed by atoms with Gasteiger partial charge < -0.3 is 21.1 Å². The maximum atomic E-state index is 11.5. The molecule has 1 rings (SSSR count). The molecule has 1 saturated heterocycles. The molecule has 1 aliphatic heterocycles. The quantitative estimate of drug-likeness (QED) is 0.640. The van der Waals surface area contributed by atoms with E-state index in [4.69, 9.17) is 10.5 Å². The fourth-order valence-electron chi connectivity index (χ4n) is 1.80. The summed E-state index contributed by atoms with van der Waals surface area (Å²) in [6, 6.07) is 0.0432. The minimum Gasteiger partial charge on any atom is -0.379 e. The average molecular weight is 229 g/mol. The molecule has 0 saturated carbocycles. The number of nitrogens with one attached hydrogen (secondary N) is 2. The van der Waals surface area contributed by atoms with Crippen molar-refractivity contribution in [2.75, 3.05) is 19.8 Å². The number of carbonyl (C=O) groups is 1. The summed E-state index contributed by atoms with van der Waals surface area (Å²) in [5, 5.41) is 5.64. The highest BCUT2D eigenvalue weighted by atomic mass is 16.5. The number of amides is 2. The highest BCUT2D eigenvalue weighted by Crippen LogP contribution is 2.03. The smallest absolute Gasteiger partial charge is 0.315 e. The number of urea groups is 1. The number of hydrogen-bond donors (Lipinski definition) is 3. The zero-order chi connectivity index (χ0) is 12.0. The summed E-state index contributed by atoms with van der Waals surface area (Å²) in [5.41, 5.74) is 5.86. The first-order chi connectivity index (χ1) is 7.58. The molecule has 0 spiro atoms. The molecule has 0 bridgehead atoms. The van der Waals surface area contributed by atoms with Crippen molar-refractivity contribution in [1.29, 1.82) is 0 Å². The lowest BCUT2D eigenvalue weighted by Gasteiger charge is -2.16. The van der Waals surface area contributed by atoms with E-state index in [0.717, 1.165) is 19.4 Å². The molecule has 2 amide bonds. The summed E-state index contributed by atoms with van der Waals surface area (Å²) >= 11 is 0. The molecule has 2 unspecified atom stereocenters. The fourth-order valence-corrected chi connectivity index (χ4v) is 1.80. The van der Waals surface area contributed by atoms with E-state index in [1.54, 1.807) is 0 Å². The van der Waals surface area contributed by atoms with Gasteiger partial charge in [0.05, 0.1) is 12.6 Å². The highest BCUT2D eigenvalue weighted by molar-refractivity contribution is 5.74. The van der Waals surface area contributed by atoms with Crippen LogP contribution in [0.3, 0.4) is 0 Å². The third-order valence-electron chi connectivity index (χ3n) is 2.56. The molecule has 1 aliphatic rings. The van der Waals surface area contributed by atoms with Crippen molar-refractivity contribution in [2.24, 2.45) is 11.7 Å². The van der Waals surface area contributed by atoms with Gasteiger partial charge in [-0.25, -0.2) is 4.79 Å². The standard InChI is InChI=1S/C11H23N3O2/c1-8(2)5-9(12)6-13-11(15)14-10-3-4-16-7-10/h8-10H,3-7,12H2,1-2H3,(H2,13,14,15). The van der Waals surface area contributed by atoms with Crippen LogP contribution in [0.15, 0.2) is 0 Å². The number of rotatable bonds is 5. The Morgan fingerprint density at radius 1 is 1.56 bits per heavy atom. The van der Waals surface area contributed by atoms with Crippen molar-refractivity contribution >= 4 is 6.03 Å². The summed E-state index contributed by atoms with van der Waals surface area (Å²) < 4.78 is 5.17. The zero-order valence-corrected chi connectivity index (χ0v) is 10.2. The predicted octanol–water partition coefficient (Wildman–Crippen LogP) is 0.448. The molecule has 0 radical (unpaired) electrons. The molecule has 0 aliphatic carbocycles. The molecule has 0 aromatic heterocycles. The van der Waals surface area contributed by atoms with Gasteiger partial charge in [-0.1, -0.05) is 13.8 Å². The maximum Gasteiger partial charge on any atom is 0.315 e. The topological polar surface area (TPSA) is 76.4 Å². The second-order valence-corrected chi connectivity index (χ2v) is 4.80. The minimum absolute atomic E-state index is 0.0329. The number of carbonyl (C=O) groups excluding carboxylic acids is 1. The lowest BCUT2D eigenvalue weighted by molar-refractivity contribution is 0.188. The van der Waals surface area contributed by atoms with Crippen molar-refractivity contribution in [2.45, 2.75) is 38.8 Å². The Kier molecular flexibility index (Phi) is 5.55. The Hall–Kier alpha value is -0.810. The van der Waals surface area contributed by atoms with Crippen LogP contribution in [0, 0.1) is 5.92 Å². The molecular weight excluding hydrogens is 206 g/mol. The molecule has 5 heteroatoms.